The zero-order chi connectivity index (χ0) is 15.2. The van der Waals surface area contributed by atoms with Crippen LogP contribution >= 0.6 is 0 Å². The maximum Gasteiger partial charge on any atom is 0.426 e. The van der Waals surface area contributed by atoms with Crippen LogP contribution in [0.25, 0.3) is 0 Å². The minimum atomic E-state index is -5.71. The Kier molecular flexibility index (Phi) is 6.89. The van der Waals surface area contributed by atoms with E-state index >= 15 is 0 Å². The molecule has 0 saturated carbocycles. The molecule has 0 aromatic heterocycles. The molecule has 0 aromatic rings. The molecule has 0 fully saturated rings. The van der Waals surface area contributed by atoms with E-state index in [0.717, 1.165) is 12.8 Å². The van der Waals surface area contributed by atoms with Gasteiger partial charge in [-0.1, -0.05) is 25.5 Å². The first-order chi connectivity index (χ1) is 8.56. The first-order valence-corrected chi connectivity index (χ1v) is 6.07. The minimum absolute atomic E-state index is 0.175. The lowest BCUT2D eigenvalue weighted by molar-refractivity contribution is -0.370. The van der Waals surface area contributed by atoms with Crippen molar-refractivity contribution in [2.24, 2.45) is 0 Å². The highest BCUT2D eigenvalue weighted by Gasteiger charge is 2.69. The van der Waals surface area contributed by atoms with Crippen LogP contribution in [0.3, 0.4) is 0 Å². The van der Waals surface area contributed by atoms with Crippen molar-refractivity contribution in [2.45, 2.75) is 63.4 Å². The summed E-state index contributed by atoms with van der Waals surface area (Å²) in [6, 6.07) is 0. The van der Waals surface area contributed by atoms with E-state index in [1.807, 2.05) is 13.0 Å². The fourth-order valence-electron chi connectivity index (χ4n) is 1.49. The third kappa shape index (κ3) is 5.42. The lowest BCUT2D eigenvalue weighted by Gasteiger charge is -2.32. The molecule has 0 unspecified atom stereocenters. The molecular formula is C12H18F6O. The van der Waals surface area contributed by atoms with Crippen LogP contribution in [0.5, 0.6) is 0 Å². The van der Waals surface area contributed by atoms with Crippen LogP contribution in [-0.2, 0) is 0 Å². The van der Waals surface area contributed by atoms with Crippen LogP contribution in [0.1, 0.15) is 45.4 Å². The molecule has 0 heterocycles. The van der Waals surface area contributed by atoms with Crippen molar-refractivity contribution in [3.63, 3.8) is 0 Å². The van der Waals surface area contributed by atoms with Crippen LogP contribution in [0.15, 0.2) is 12.2 Å². The molecule has 114 valence electrons. The first kappa shape index (κ1) is 18.3. The number of halogens is 6. The number of unbranched alkanes of at least 4 members (excludes halogenated alkanes) is 3. The zero-order valence-electron chi connectivity index (χ0n) is 10.6. The van der Waals surface area contributed by atoms with Gasteiger partial charge in [-0.05, 0) is 32.1 Å². The molecule has 0 aliphatic carbocycles. The summed E-state index contributed by atoms with van der Waals surface area (Å²) >= 11 is 0. The van der Waals surface area contributed by atoms with Gasteiger partial charge < -0.3 is 5.11 Å². The number of aliphatic hydroxyl groups is 1. The van der Waals surface area contributed by atoms with Gasteiger partial charge in [0.05, 0.1) is 0 Å². The molecule has 0 atom stereocenters. The molecule has 0 aliphatic rings. The Labute approximate surface area is 108 Å². The van der Waals surface area contributed by atoms with Gasteiger partial charge in [-0.2, -0.15) is 26.3 Å². The van der Waals surface area contributed by atoms with Crippen molar-refractivity contribution in [3.8, 4) is 0 Å². The van der Waals surface area contributed by atoms with E-state index in [2.05, 4.69) is 0 Å². The summed E-state index contributed by atoms with van der Waals surface area (Å²) in [6.07, 6.45) is -7.21. The molecular weight excluding hydrogens is 274 g/mol. The first-order valence-electron chi connectivity index (χ1n) is 6.07. The molecule has 0 radical (unpaired) electrons. The number of hydrogen-bond acceptors (Lipinski definition) is 1. The van der Waals surface area contributed by atoms with E-state index in [1.54, 1.807) is 6.08 Å². The van der Waals surface area contributed by atoms with Crippen molar-refractivity contribution in [1.82, 2.24) is 0 Å². The summed E-state index contributed by atoms with van der Waals surface area (Å²) in [4.78, 5) is 0. The average Bonchev–Trinajstić information content (AvgIpc) is 2.24. The standard InChI is InChI=1S/C12H18F6O/c1-2-3-4-5-6-7-8-9-10(19,11(13,14)15)12(16,17)18/h4-5,19H,2-3,6-9H2,1H3/b5-4-. The smallest absolute Gasteiger partial charge is 0.374 e. The van der Waals surface area contributed by atoms with E-state index in [4.69, 9.17) is 5.11 Å². The Hall–Kier alpha value is -0.720. The monoisotopic (exact) mass is 292 g/mol. The molecule has 7 heteroatoms. The molecule has 0 amide bonds. The summed E-state index contributed by atoms with van der Waals surface area (Å²) in [5.74, 6) is 0. The topological polar surface area (TPSA) is 20.2 Å². The second-order valence-corrected chi connectivity index (χ2v) is 4.36. The van der Waals surface area contributed by atoms with Crippen LogP contribution in [0, 0.1) is 0 Å². The maximum absolute atomic E-state index is 12.3. The molecule has 0 spiro atoms. The predicted molar refractivity (Wildman–Crippen MR) is 59.6 cm³/mol. The number of rotatable bonds is 7. The summed E-state index contributed by atoms with van der Waals surface area (Å²) < 4.78 is 73.8. The van der Waals surface area contributed by atoms with Gasteiger partial charge in [0.25, 0.3) is 5.60 Å². The lowest BCUT2D eigenvalue weighted by Crippen LogP contribution is -2.56. The molecule has 1 N–H and O–H groups in total. The number of allylic oxidation sites excluding steroid dienone is 2. The second kappa shape index (κ2) is 7.17. The van der Waals surface area contributed by atoms with Crippen LogP contribution < -0.4 is 0 Å². The zero-order valence-corrected chi connectivity index (χ0v) is 10.6. The van der Waals surface area contributed by atoms with Crippen molar-refractivity contribution in [2.75, 3.05) is 0 Å². The SMILES string of the molecule is CCC/C=C\CCCCC(O)(C(F)(F)F)C(F)(F)F. The summed E-state index contributed by atoms with van der Waals surface area (Å²) in [6.45, 7) is 1.96. The molecule has 19 heavy (non-hydrogen) atoms. The highest BCUT2D eigenvalue weighted by molar-refractivity contribution is 4.93. The van der Waals surface area contributed by atoms with Gasteiger partial charge in [0.15, 0.2) is 0 Å². The number of alkyl halides is 6. The third-order valence-corrected chi connectivity index (χ3v) is 2.72. The van der Waals surface area contributed by atoms with Gasteiger partial charge in [-0.25, -0.2) is 0 Å². The van der Waals surface area contributed by atoms with Gasteiger partial charge in [-0.15, -0.1) is 0 Å². The van der Waals surface area contributed by atoms with Gasteiger partial charge >= 0.3 is 12.4 Å². The Morgan fingerprint density at radius 3 is 1.74 bits per heavy atom. The quantitative estimate of drug-likeness (QED) is 0.407. The maximum atomic E-state index is 12.3. The molecule has 0 bridgehead atoms. The fraction of sp³-hybridized carbons (Fsp3) is 0.833. The normalized spacial score (nSPS) is 14.3. The van der Waals surface area contributed by atoms with E-state index < -0.39 is 24.4 Å². The third-order valence-electron chi connectivity index (χ3n) is 2.72. The van der Waals surface area contributed by atoms with Crippen LogP contribution in [0.4, 0.5) is 26.3 Å². The Morgan fingerprint density at radius 2 is 1.32 bits per heavy atom. The van der Waals surface area contributed by atoms with Gasteiger partial charge in [0.2, 0.25) is 0 Å². The average molecular weight is 292 g/mol. The van der Waals surface area contributed by atoms with E-state index in [9.17, 15) is 26.3 Å². The summed E-state index contributed by atoms with van der Waals surface area (Å²) in [7, 11) is 0. The minimum Gasteiger partial charge on any atom is -0.374 e. The Balaban J connectivity index is 4.32. The van der Waals surface area contributed by atoms with Crippen LogP contribution in [0.2, 0.25) is 0 Å². The van der Waals surface area contributed by atoms with Crippen molar-refractivity contribution in [3.05, 3.63) is 12.2 Å². The lowest BCUT2D eigenvalue weighted by atomic mass is 9.94. The van der Waals surface area contributed by atoms with E-state index in [1.165, 1.54) is 0 Å². The van der Waals surface area contributed by atoms with Gasteiger partial charge in [0, 0.05) is 0 Å². The van der Waals surface area contributed by atoms with Crippen molar-refractivity contribution < 1.29 is 31.4 Å². The summed E-state index contributed by atoms with van der Waals surface area (Å²) in [5, 5.41) is 8.86. The van der Waals surface area contributed by atoms with Crippen molar-refractivity contribution >= 4 is 0 Å². The summed E-state index contributed by atoms with van der Waals surface area (Å²) in [5.41, 5.74) is -4.60. The highest BCUT2D eigenvalue weighted by Crippen LogP contribution is 2.46. The van der Waals surface area contributed by atoms with Crippen molar-refractivity contribution in [1.29, 1.82) is 0 Å². The number of hydrogen-bond donors (Lipinski definition) is 1. The van der Waals surface area contributed by atoms with Crippen LogP contribution in [-0.4, -0.2) is 23.1 Å². The fourth-order valence-corrected chi connectivity index (χ4v) is 1.49. The highest BCUT2D eigenvalue weighted by atomic mass is 19.4. The molecule has 0 aromatic carbocycles. The Morgan fingerprint density at radius 1 is 0.842 bits per heavy atom. The van der Waals surface area contributed by atoms with E-state index in [0.29, 0.717) is 6.42 Å². The van der Waals surface area contributed by atoms with Gasteiger partial charge in [0.1, 0.15) is 0 Å². The van der Waals surface area contributed by atoms with E-state index in [-0.39, 0.29) is 12.8 Å². The second-order valence-electron chi connectivity index (χ2n) is 4.36. The largest absolute Gasteiger partial charge is 0.426 e. The predicted octanol–water partition coefficient (Wildman–Crippen LogP) is 4.76. The Bertz CT molecular complexity index is 265. The molecule has 0 rings (SSSR count). The van der Waals surface area contributed by atoms with Gasteiger partial charge in [-0.3, -0.25) is 0 Å². The molecule has 0 saturated heterocycles. The molecule has 1 nitrogen and oxygen atoms in total. The molecule has 0 aliphatic heterocycles.